The van der Waals surface area contributed by atoms with Crippen molar-refractivity contribution in [1.82, 2.24) is 19.7 Å². The predicted octanol–water partition coefficient (Wildman–Crippen LogP) is 5.76. The smallest absolute Gasteiger partial charge is 0.236 e. The molecular formula is C21H17BrClN5O2S2. The molecule has 1 amide bonds. The van der Waals surface area contributed by atoms with Crippen molar-refractivity contribution in [3.63, 3.8) is 0 Å². The Labute approximate surface area is 206 Å². The lowest BCUT2D eigenvalue weighted by Crippen LogP contribution is -2.14. The number of hydrogen-bond acceptors (Lipinski definition) is 7. The summed E-state index contributed by atoms with van der Waals surface area (Å²) in [5.74, 6) is 1.25. The molecule has 164 valence electrons. The molecule has 0 atom stereocenters. The van der Waals surface area contributed by atoms with Gasteiger partial charge in [0.1, 0.15) is 5.75 Å². The number of nitrogens with zero attached hydrogens (tertiary/aromatic N) is 4. The summed E-state index contributed by atoms with van der Waals surface area (Å²) in [7, 11) is 3.42. The molecule has 1 N–H and O–H groups in total. The van der Waals surface area contributed by atoms with Crippen molar-refractivity contribution < 1.29 is 9.53 Å². The van der Waals surface area contributed by atoms with Crippen LogP contribution in [0.4, 0.5) is 5.13 Å². The highest BCUT2D eigenvalue weighted by Gasteiger charge is 2.17. The normalized spacial score (nSPS) is 10.9. The number of carbonyl (C=O) groups excluding carboxylic acids is 1. The van der Waals surface area contributed by atoms with Gasteiger partial charge in [-0.2, -0.15) is 0 Å². The minimum atomic E-state index is -0.170. The Morgan fingerprint density at radius 2 is 2.03 bits per heavy atom. The van der Waals surface area contributed by atoms with Crippen LogP contribution in [0.25, 0.3) is 22.6 Å². The molecule has 7 nitrogen and oxygen atoms in total. The van der Waals surface area contributed by atoms with Crippen LogP contribution in [0.3, 0.4) is 0 Å². The molecule has 4 aromatic rings. The fraction of sp³-hybridized carbons (Fsp3) is 0.143. The summed E-state index contributed by atoms with van der Waals surface area (Å²) < 4.78 is 8.21. The summed E-state index contributed by atoms with van der Waals surface area (Å²) in [5, 5.41) is 14.9. The van der Waals surface area contributed by atoms with Crippen LogP contribution in [0.5, 0.6) is 5.75 Å². The Bertz CT molecular complexity index is 1260. The molecular weight excluding hydrogens is 534 g/mol. The van der Waals surface area contributed by atoms with Gasteiger partial charge in [0.05, 0.1) is 24.1 Å². The summed E-state index contributed by atoms with van der Waals surface area (Å²) in [6, 6.07) is 13.2. The molecule has 0 fully saturated rings. The van der Waals surface area contributed by atoms with Crippen LogP contribution >= 0.6 is 50.6 Å². The summed E-state index contributed by atoms with van der Waals surface area (Å²) in [4.78, 5) is 16.9. The number of halogens is 2. The van der Waals surface area contributed by atoms with Crippen LogP contribution in [0, 0.1) is 0 Å². The summed E-state index contributed by atoms with van der Waals surface area (Å²) >= 11 is 12.2. The first-order valence-electron chi connectivity index (χ1n) is 9.32. The fourth-order valence-electron chi connectivity index (χ4n) is 2.90. The highest BCUT2D eigenvalue weighted by Crippen LogP contribution is 2.33. The zero-order valence-electron chi connectivity index (χ0n) is 17.0. The Morgan fingerprint density at radius 1 is 1.25 bits per heavy atom. The van der Waals surface area contributed by atoms with E-state index in [4.69, 9.17) is 16.3 Å². The van der Waals surface area contributed by atoms with Gasteiger partial charge in [-0.05, 0) is 30.3 Å². The van der Waals surface area contributed by atoms with Gasteiger partial charge in [0, 0.05) is 27.5 Å². The van der Waals surface area contributed by atoms with Gasteiger partial charge in [0.15, 0.2) is 16.1 Å². The van der Waals surface area contributed by atoms with Crippen molar-refractivity contribution in [2.75, 3.05) is 18.2 Å². The van der Waals surface area contributed by atoms with Gasteiger partial charge in [-0.15, -0.1) is 21.5 Å². The second kappa shape index (κ2) is 10.0. The first kappa shape index (κ1) is 22.8. The summed E-state index contributed by atoms with van der Waals surface area (Å²) in [6.07, 6.45) is 0. The van der Waals surface area contributed by atoms with Gasteiger partial charge < -0.3 is 14.6 Å². The number of aromatic nitrogens is 4. The molecule has 0 saturated heterocycles. The maximum absolute atomic E-state index is 12.4. The third-order valence-electron chi connectivity index (χ3n) is 4.46. The molecule has 0 radical (unpaired) electrons. The molecule has 0 saturated carbocycles. The van der Waals surface area contributed by atoms with E-state index in [1.54, 1.807) is 29.9 Å². The number of methoxy groups -OCH3 is 1. The maximum Gasteiger partial charge on any atom is 0.236 e. The summed E-state index contributed by atoms with van der Waals surface area (Å²) in [6.45, 7) is 0. The van der Waals surface area contributed by atoms with Gasteiger partial charge in [0.25, 0.3) is 0 Å². The van der Waals surface area contributed by atoms with E-state index in [1.165, 1.54) is 23.1 Å². The second-order valence-corrected chi connectivity index (χ2v) is 9.74. The first-order valence-corrected chi connectivity index (χ1v) is 12.4. The van der Waals surface area contributed by atoms with E-state index in [-0.39, 0.29) is 11.7 Å². The van der Waals surface area contributed by atoms with Crippen molar-refractivity contribution in [3.8, 4) is 28.4 Å². The lowest BCUT2D eigenvalue weighted by atomic mass is 10.2. The molecule has 2 aromatic carbocycles. The molecule has 11 heteroatoms. The quantitative estimate of drug-likeness (QED) is 0.295. The fourth-order valence-corrected chi connectivity index (χ4v) is 4.78. The Morgan fingerprint density at radius 3 is 2.78 bits per heavy atom. The van der Waals surface area contributed by atoms with Gasteiger partial charge >= 0.3 is 0 Å². The van der Waals surface area contributed by atoms with Crippen molar-refractivity contribution >= 4 is 61.7 Å². The van der Waals surface area contributed by atoms with Crippen LogP contribution in [-0.4, -0.2) is 38.5 Å². The summed E-state index contributed by atoms with van der Waals surface area (Å²) in [5.41, 5.74) is 2.54. The molecule has 2 aromatic heterocycles. The number of benzene rings is 2. The highest BCUT2D eigenvalue weighted by atomic mass is 79.9. The van der Waals surface area contributed by atoms with Crippen LogP contribution in [0.15, 0.2) is 57.5 Å². The van der Waals surface area contributed by atoms with E-state index < -0.39 is 0 Å². The third-order valence-corrected chi connectivity index (χ3v) is 7.00. The van der Waals surface area contributed by atoms with E-state index in [2.05, 4.69) is 36.4 Å². The van der Waals surface area contributed by atoms with Gasteiger partial charge in [-0.3, -0.25) is 4.79 Å². The molecule has 0 aliphatic carbocycles. The lowest BCUT2D eigenvalue weighted by molar-refractivity contribution is -0.113. The highest BCUT2D eigenvalue weighted by molar-refractivity contribution is 9.10. The zero-order chi connectivity index (χ0) is 22.7. The molecule has 0 spiro atoms. The monoisotopic (exact) mass is 549 g/mol. The molecule has 0 bridgehead atoms. The molecule has 32 heavy (non-hydrogen) atoms. The standard InChI is InChI=1S/C21H17BrClN5O2S2/c1-28-19(15-9-14(23)7-8-17(15)30-2)26-27-21(28)32-11-18(29)25-20-24-16(10-31-20)12-3-5-13(22)6-4-12/h3-10H,11H2,1-2H3,(H,24,25,29). The number of thiazole rings is 1. The van der Waals surface area contributed by atoms with Crippen molar-refractivity contribution in [3.05, 3.63) is 57.3 Å². The number of amides is 1. The molecule has 0 aliphatic rings. The van der Waals surface area contributed by atoms with E-state index in [0.717, 1.165) is 21.3 Å². The van der Waals surface area contributed by atoms with Crippen molar-refractivity contribution in [2.45, 2.75) is 5.16 Å². The Hall–Kier alpha value is -2.40. The topological polar surface area (TPSA) is 81.9 Å². The van der Waals surface area contributed by atoms with Gasteiger partial charge in [0.2, 0.25) is 5.91 Å². The predicted molar refractivity (Wildman–Crippen MR) is 133 cm³/mol. The van der Waals surface area contributed by atoms with E-state index in [0.29, 0.717) is 26.9 Å². The van der Waals surface area contributed by atoms with Crippen molar-refractivity contribution in [2.24, 2.45) is 7.05 Å². The van der Waals surface area contributed by atoms with Gasteiger partial charge in [-0.1, -0.05) is 51.4 Å². The molecule has 2 heterocycles. The Kier molecular flexibility index (Phi) is 7.14. The Balaban J connectivity index is 1.40. The van der Waals surface area contributed by atoms with E-state index in [1.807, 2.05) is 36.7 Å². The third kappa shape index (κ3) is 5.15. The SMILES string of the molecule is COc1ccc(Cl)cc1-c1nnc(SCC(=O)Nc2nc(-c3ccc(Br)cc3)cs2)n1C. The van der Waals surface area contributed by atoms with Crippen LogP contribution in [0.1, 0.15) is 0 Å². The maximum atomic E-state index is 12.4. The number of rotatable bonds is 7. The minimum Gasteiger partial charge on any atom is -0.496 e. The molecule has 0 aliphatic heterocycles. The lowest BCUT2D eigenvalue weighted by Gasteiger charge is -2.09. The minimum absolute atomic E-state index is 0.170. The first-order chi connectivity index (χ1) is 15.4. The molecule has 0 unspecified atom stereocenters. The van der Waals surface area contributed by atoms with Crippen molar-refractivity contribution in [1.29, 1.82) is 0 Å². The average molecular weight is 551 g/mol. The average Bonchev–Trinajstić information content (AvgIpc) is 3.39. The number of ether oxygens (including phenoxy) is 1. The van der Waals surface area contributed by atoms with Gasteiger partial charge in [-0.25, -0.2) is 4.98 Å². The largest absolute Gasteiger partial charge is 0.496 e. The number of anilines is 1. The zero-order valence-corrected chi connectivity index (χ0v) is 21.0. The number of nitrogens with one attached hydrogen (secondary N) is 1. The number of hydrogen-bond donors (Lipinski definition) is 1. The van der Waals surface area contributed by atoms with Crippen LogP contribution < -0.4 is 10.1 Å². The van der Waals surface area contributed by atoms with Crippen LogP contribution in [0.2, 0.25) is 5.02 Å². The second-order valence-electron chi connectivity index (χ2n) is 6.59. The van der Waals surface area contributed by atoms with E-state index in [9.17, 15) is 4.79 Å². The van der Waals surface area contributed by atoms with E-state index >= 15 is 0 Å². The van der Waals surface area contributed by atoms with Crippen LogP contribution in [-0.2, 0) is 11.8 Å². The molecule has 4 rings (SSSR count). The number of thioether (sulfide) groups is 1. The number of carbonyl (C=O) groups is 1.